The van der Waals surface area contributed by atoms with E-state index in [9.17, 15) is 78.9 Å². The molecule has 5 heterocycles. The number of amides is 6. The number of ether oxygens (including phenoxy) is 7. The number of carboxylic acid groups (broad SMARTS) is 1. The van der Waals surface area contributed by atoms with Gasteiger partial charge in [0.25, 0.3) is 11.8 Å². The van der Waals surface area contributed by atoms with Crippen molar-refractivity contribution in [2.24, 2.45) is 11.8 Å². The first-order valence-electron chi connectivity index (χ1n) is 30.4. The number of epoxide rings is 1. The lowest BCUT2D eigenvalue weighted by Crippen LogP contribution is -2.61. The second-order valence-corrected chi connectivity index (χ2v) is 23.9. The number of unbranched alkanes of at least 4 members (excludes halogenated alkanes) is 2. The molecule has 90 heavy (non-hydrogen) atoms. The summed E-state index contributed by atoms with van der Waals surface area (Å²) in [5.74, 6) is -5.73. The summed E-state index contributed by atoms with van der Waals surface area (Å²) in [6.45, 7) is 11.3. The monoisotopic (exact) mass is 1270 g/mol. The van der Waals surface area contributed by atoms with Crippen molar-refractivity contribution >= 4 is 59.4 Å². The molecule has 0 bridgehead atoms. The Morgan fingerprint density at radius 1 is 0.878 bits per heavy atom. The Hall–Kier alpha value is -7.31. The molecule has 0 aliphatic carbocycles. The Morgan fingerprint density at radius 3 is 2.21 bits per heavy atom. The number of cyclic esters (lactones) is 1. The molecule has 15 atom stereocenters. The number of aliphatic hydroxyl groups excluding tert-OH is 5. The smallest absolute Gasteiger partial charge is 0.410 e. The van der Waals surface area contributed by atoms with Gasteiger partial charge in [0.1, 0.15) is 42.4 Å². The lowest BCUT2D eigenvalue weighted by Gasteiger charge is -2.38. The van der Waals surface area contributed by atoms with Gasteiger partial charge >= 0.3 is 30.1 Å². The molecule has 0 spiro atoms. The number of carboxylic acids is 1. The van der Waals surface area contributed by atoms with Crippen LogP contribution in [-0.4, -0.2) is 222 Å². The fourth-order valence-corrected chi connectivity index (χ4v) is 10.9. The van der Waals surface area contributed by atoms with E-state index in [0.717, 1.165) is 4.90 Å². The van der Waals surface area contributed by atoms with E-state index >= 15 is 0 Å². The van der Waals surface area contributed by atoms with Gasteiger partial charge in [-0.25, -0.2) is 14.4 Å². The van der Waals surface area contributed by atoms with Crippen LogP contribution in [0.25, 0.3) is 0 Å². The number of aliphatic hydroxyl groups is 6. The van der Waals surface area contributed by atoms with E-state index in [4.69, 9.17) is 33.2 Å². The molecule has 28 heteroatoms. The van der Waals surface area contributed by atoms with E-state index < -0.39 is 126 Å². The first kappa shape index (κ1) is 71.8. The topological polar surface area (TPSA) is 397 Å². The zero-order valence-corrected chi connectivity index (χ0v) is 51.8. The fraction of sp³-hybridized carbons (Fsp3) is 0.629. The Bertz CT molecular complexity index is 2830. The molecule has 1 aromatic rings. The van der Waals surface area contributed by atoms with Crippen LogP contribution in [0, 0.1) is 11.8 Å². The SMILES string of the molecule is CC[C@H](O)[C@@H](C)[C@H]1O[C@@H]1C[C@@](C)(O)/C=C/C=C(\C)[C@H]1OC(=O)C[C@H](O)CC[C@@](C)(OC(C)=O)[C@@H](OC(=O)N2CCN(C(=O)OCc3ccc(O[C@@H]4O[C@H](C(=O)O)[C@@H](O)[C@H](O)[C@H]4O)c(NC(=O)CCNC(=O)CCCCCN4C(=O)C=CC4=O)c3)CC2)/C=C/[C@@H]1C. The van der Waals surface area contributed by atoms with Crippen LogP contribution in [0.5, 0.6) is 5.75 Å². The van der Waals surface area contributed by atoms with Gasteiger partial charge in [-0.2, -0.15) is 0 Å². The maximum Gasteiger partial charge on any atom is 0.410 e. The van der Waals surface area contributed by atoms with Crippen LogP contribution in [0.1, 0.15) is 118 Å². The Balaban J connectivity index is 1.07. The first-order valence-corrected chi connectivity index (χ1v) is 30.4. The van der Waals surface area contributed by atoms with Crippen molar-refractivity contribution in [2.45, 2.75) is 198 Å². The van der Waals surface area contributed by atoms with Crippen LogP contribution in [0.15, 0.2) is 66.3 Å². The molecule has 9 N–H and O–H groups in total. The number of allylic oxidation sites excluding steroid dienone is 2. The molecule has 6 rings (SSSR count). The van der Waals surface area contributed by atoms with Crippen molar-refractivity contribution in [3.63, 3.8) is 0 Å². The zero-order valence-electron chi connectivity index (χ0n) is 51.8. The molecule has 0 aromatic heterocycles. The molecule has 3 saturated heterocycles. The van der Waals surface area contributed by atoms with Crippen LogP contribution in [-0.2, 0) is 68.6 Å². The van der Waals surface area contributed by atoms with Crippen molar-refractivity contribution in [1.82, 2.24) is 20.0 Å². The number of anilines is 1. The van der Waals surface area contributed by atoms with Crippen LogP contribution in [0.4, 0.5) is 15.3 Å². The number of esters is 2. The summed E-state index contributed by atoms with van der Waals surface area (Å²) in [6, 6.07) is 4.06. The van der Waals surface area contributed by atoms with Crippen molar-refractivity contribution in [3.05, 3.63) is 71.9 Å². The van der Waals surface area contributed by atoms with Crippen molar-refractivity contribution in [3.8, 4) is 5.75 Å². The van der Waals surface area contributed by atoms with Gasteiger partial charge in [0, 0.05) is 89.4 Å². The predicted octanol–water partition coefficient (Wildman–Crippen LogP) is 2.44. The summed E-state index contributed by atoms with van der Waals surface area (Å²) in [5, 5.41) is 78.7. The quantitative estimate of drug-likeness (QED) is 0.0129. The van der Waals surface area contributed by atoms with E-state index in [1.807, 2.05) is 13.8 Å². The Morgan fingerprint density at radius 2 is 1.56 bits per heavy atom. The predicted molar refractivity (Wildman–Crippen MR) is 316 cm³/mol. The average molecular weight is 1270 g/mol. The summed E-state index contributed by atoms with van der Waals surface area (Å²) >= 11 is 0. The minimum Gasteiger partial charge on any atom is -0.479 e. The lowest BCUT2D eigenvalue weighted by atomic mass is 9.88. The molecular weight excluding hydrogens is 1180 g/mol. The number of nitrogens with zero attached hydrogens (tertiary/aromatic N) is 3. The number of hydrogen-bond acceptors (Lipinski definition) is 22. The largest absolute Gasteiger partial charge is 0.479 e. The van der Waals surface area contributed by atoms with Crippen LogP contribution in [0.3, 0.4) is 0 Å². The summed E-state index contributed by atoms with van der Waals surface area (Å²) in [6.07, 6.45) is -3.56. The first-order chi connectivity index (χ1) is 42.5. The standard InChI is InChI=1S/C62H87N5O23/c1-8-42(70)37(4)55-44(85-55)33-61(6,83)23-12-13-35(2)54-36(3)15-18-45(62(7,90-38(5)68)24-21-40(69)32-50(75)88-54)87-60(82)66-29-27-65(28-30-66)59(81)84-34-39-16-17-43(86-58-53(78)51(76)52(77)56(89-58)57(79)80)41(31-39)64-47(72)22-25-63-46(71)14-10-9-11-26-67-48(73)19-20-49(67)74/h12-13,15-20,23,31,36-37,40,42,44-45,51-56,58,69-70,76-78,83H,8-11,14,21-22,24-30,32-34H2,1-7H3,(H,63,71)(H,64,72)(H,79,80)/b18-15+,23-12+,35-13+/t36-,37+,40+,42-,44+,45-,51-,52-,53+,54+,55+,56-,58+,61-,62+/m0/s1. The number of piperazine rings is 1. The van der Waals surface area contributed by atoms with Gasteiger partial charge in [-0.3, -0.25) is 33.7 Å². The van der Waals surface area contributed by atoms with E-state index in [0.29, 0.717) is 31.3 Å². The molecule has 3 fully saturated rings. The number of carbonyl (C=O) groups excluding carboxylic acids is 8. The third-order valence-corrected chi connectivity index (χ3v) is 16.3. The number of imide groups is 1. The average Bonchev–Trinajstić information content (AvgIpc) is 1.36. The molecule has 6 amide bonds. The van der Waals surface area contributed by atoms with Crippen LogP contribution in [0.2, 0.25) is 0 Å². The lowest BCUT2D eigenvalue weighted by molar-refractivity contribution is -0.271. The van der Waals surface area contributed by atoms with Gasteiger partial charge in [-0.05, 0) is 82.2 Å². The van der Waals surface area contributed by atoms with Gasteiger partial charge in [0.2, 0.25) is 18.1 Å². The summed E-state index contributed by atoms with van der Waals surface area (Å²) in [7, 11) is 0. The molecule has 28 nitrogen and oxygen atoms in total. The molecule has 0 unspecified atom stereocenters. The van der Waals surface area contributed by atoms with Crippen LogP contribution >= 0.6 is 0 Å². The van der Waals surface area contributed by atoms with E-state index in [-0.39, 0.29) is 119 Å². The maximum atomic E-state index is 14.1. The molecule has 5 aliphatic rings. The number of hydrogen-bond donors (Lipinski definition) is 9. The Labute approximate surface area is 521 Å². The third-order valence-electron chi connectivity index (χ3n) is 16.3. The molecule has 1 aromatic carbocycles. The number of aliphatic carboxylic acids is 1. The Kier molecular flexibility index (Phi) is 26.0. The minimum absolute atomic E-state index is 0.0220. The van der Waals surface area contributed by atoms with Gasteiger partial charge in [-0.1, -0.05) is 57.6 Å². The summed E-state index contributed by atoms with van der Waals surface area (Å²) in [4.78, 5) is 118. The van der Waals surface area contributed by atoms with Crippen LogP contribution < -0.4 is 15.4 Å². The number of benzene rings is 1. The van der Waals surface area contributed by atoms with Gasteiger partial charge in [0.15, 0.2) is 12.2 Å². The molecule has 0 radical (unpaired) electrons. The number of carbonyl (C=O) groups is 9. The molecule has 498 valence electrons. The van der Waals surface area contributed by atoms with Gasteiger partial charge in [-0.15, -0.1) is 0 Å². The third kappa shape index (κ3) is 20.6. The highest BCUT2D eigenvalue weighted by molar-refractivity contribution is 6.12. The maximum absolute atomic E-state index is 14.1. The highest BCUT2D eigenvalue weighted by Crippen LogP contribution is 2.38. The van der Waals surface area contributed by atoms with E-state index in [2.05, 4.69) is 10.6 Å². The van der Waals surface area contributed by atoms with E-state index in [1.165, 1.54) is 53.2 Å². The summed E-state index contributed by atoms with van der Waals surface area (Å²) < 4.78 is 40.3. The molecular formula is C62H87N5O23. The zero-order chi connectivity index (χ0) is 66.2. The second kappa shape index (κ2) is 32.6. The number of nitrogens with one attached hydrogen (secondary N) is 2. The second-order valence-electron chi connectivity index (χ2n) is 23.9. The minimum atomic E-state index is -2.02. The molecule has 5 aliphatic heterocycles. The highest BCUT2D eigenvalue weighted by atomic mass is 16.7. The van der Waals surface area contributed by atoms with Gasteiger partial charge < -0.3 is 89.3 Å². The van der Waals surface area contributed by atoms with Crippen molar-refractivity contribution in [1.29, 1.82) is 0 Å². The normalized spacial score (nSPS) is 29.2. The van der Waals surface area contributed by atoms with Crippen molar-refractivity contribution < 1.29 is 112 Å². The number of rotatable bonds is 25. The van der Waals surface area contributed by atoms with Crippen molar-refractivity contribution in [2.75, 3.05) is 44.6 Å². The fourth-order valence-electron chi connectivity index (χ4n) is 10.9. The van der Waals surface area contributed by atoms with Gasteiger partial charge in [0.05, 0.1) is 42.1 Å². The van der Waals surface area contributed by atoms with E-state index in [1.54, 1.807) is 52.0 Å². The molecule has 0 saturated carbocycles. The summed E-state index contributed by atoms with van der Waals surface area (Å²) in [5.41, 5.74) is -2.06. The highest BCUT2D eigenvalue weighted by Gasteiger charge is 2.49.